The van der Waals surface area contributed by atoms with Gasteiger partial charge in [-0.15, -0.1) is 0 Å². The quantitative estimate of drug-likeness (QED) is 0.302. The molecule has 3 heterocycles. The molecule has 1 aromatic carbocycles. The van der Waals surface area contributed by atoms with Crippen molar-refractivity contribution in [3.05, 3.63) is 40.2 Å². The Hall–Kier alpha value is -2.77. The molecule has 1 aliphatic heterocycles. The largest absolute Gasteiger partial charge is 0.491 e. The third kappa shape index (κ3) is 6.74. The van der Waals surface area contributed by atoms with Crippen LogP contribution in [0, 0.1) is 20.8 Å². The number of piperidine rings is 1. The van der Waals surface area contributed by atoms with Gasteiger partial charge in [-0.3, -0.25) is 0 Å². The maximum atomic E-state index is 12.3. The van der Waals surface area contributed by atoms with Crippen LogP contribution in [0.3, 0.4) is 0 Å². The molecule has 11 nitrogen and oxygen atoms in total. The van der Waals surface area contributed by atoms with E-state index in [-0.39, 0.29) is 18.4 Å². The fourth-order valence-corrected chi connectivity index (χ4v) is 6.08. The summed E-state index contributed by atoms with van der Waals surface area (Å²) in [6, 6.07) is 5.24. The van der Waals surface area contributed by atoms with Gasteiger partial charge in [-0.25, -0.2) is 22.7 Å². The number of hydrogen-bond acceptors (Lipinski definition) is 10. The molecule has 0 radical (unpaired) electrons. The van der Waals surface area contributed by atoms with Gasteiger partial charge in [0.1, 0.15) is 30.0 Å². The van der Waals surface area contributed by atoms with Crippen molar-refractivity contribution in [1.82, 2.24) is 24.7 Å². The van der Waals surface area contributed by atoms with Crippen molar-refractivity contribution in [1.29, 1.82) is 0 Å². The molecule has 4 rings (SSSR count). The average Bonchev–Trinajstić information content (AvgIpc) is 3.27. The molecule has 40 heavy (non-hydrogen) atoms. The van der Waals surface area contributed by atoms with Crippen molar-refractivity contribution in [3.63, 3.8) is 0 Å². The fourth-order valence-electron chi connectivity index (χ4n) is 4.75. The van der Waals surface area contributed by atoms with E-state index in [1.807, 2.05) is 20.8 Å². The maximum Gasteiger partial charge on any atom is 0.213 e. The van der Waals surface area contributed by atoms with Crippen LogP contribution in [0.25, 0.3) is 22.6 Å². The SMILES string of the molecule is CCS(=O)(=O)N1CCC(Nc2nc(-c3cc(OC[C@@H](O)CNC)ccc3Cl)nc(-c3c(C)noc3C)c2C)CC1. The molecule has 1 atom stereocenters. The Labute approximate surface area is 240 Å². The Morgan fingerprint density at radius 2 is 1.95 bits per heavy atom. The summed E-state index contributed by atoms with van der Waals surface area (Å²) >= 11 is 6.63. The van der Waals surface area contributed by atoms with Crippen LogP contribution < -0.4 is 15.4 Å². The second-order valence-corrected chi connectivity index (χ2v) is 12.6. The third-order valence-electron chi connectivity index (χ3n) is 7.03. The zero-order valence-corrected chi connectivity index (χ0v) is 25.1. The minimum atomic E-state index is -3.22. The Balaban J connectivity index is 1.70. The number of hydrogen-bond donors (Lipinski definition) is 3. The summed E-state index contributed by atoms with van der Waals surface area (Å²) in [4.78, 5) is 9.78. The molecular formula is C27H37ClN6O5S. The monoisotopic (exact) mass is 592 g/mol. The van der Waals surface area contributed by atoms with Crippen molar-refractivity contribution in [2.75, 3.05) is 44.4 Å². The van der Waals surface area contributed by atoms with Crippen LogP contribution in [0.4, 0.5) is 5.82 Å². The van der Waals surface area contributed by atoms with Crippen LogP contribution in [0.1, 0.15) is 36.8 Å². The number of sulfonamides is 1. The lowest BCUT2D eigenvalue weighted by Crippen LogP contribution is -2.43. The van der Waals surface area contributed by atoms with E-state index in [0.717, 1.165) is 11.1 Å². The van der Waals surface area contributed by atoms with Crippen LogP contribution in [0.2, 0.25) is 5.02 Å². The van der Waals surface area contributed by atoms with Gasteiger partial charge in [0.05, 0.1) is 27.7 Å². The highest BCUT2D eigenvalue weighted by Crippen LogP contribution is 2.36. The van der Waals surface area contributed by atoms with E-state index in [9.17, 15) is 13.5 Å². The highest BCUT2D eigenvalue weighted by Gasteiger charge is 2.28. The fraction of sp³-hybridized carbons (Fsp3) is 0.519. The van der Waals surface area contributed by atoms with E-state index in [1.54, 1.807) is 36.5 Å². The number of halogens is 1. The number of ether oxygens (including phenoxy) is 1. The summed E-state index contributed by atoms with van der Waals surface area (Å²) in [5.74, 6) is 2.27. The summed E-state index contributed by atoms with van der Waals surface area (Å²) in [6.07, 6.45) is 0.635. The van der Waals surface area contributed by atoms with Crippen molar-refractivity contribution in [2.45, 2.75) is 52.7 Å². The number of nitrogens with one attached hydrogen (secondary N) is 2. The standard InChI is InChI=1S/C27H37ClN6O5S/c1-6-40(36,37)34-11-9-19(10-12-34)30-26-16(2)25(24-17(3)33-39-18(24)4)31-27(32-26)22-13-21(7-8-23(22)28)38-15-20(35)14-29-5/h7-8,13,19-20,29,35H,6,9-12,14-15H2,1-5H3,(H,30,31,32)/t20-/m0/s1. The van der Waals surface area contributed by atoms with Gasteiger partial charge in [0, 0.05) is 36.8 Å². The van der Waals surface area contributed by atoms with Gasteiger partial charge in [-0.05, 0) is 65.8 Å². The third-order valence-corrected chi connectivity index (χ3v) is 9.24. The first-order valence-electron chi connectivity index (χ1n) is 13.4. The van der Waals surface area contributed by atoms with Crippen molar-refractivity contribution in [3.8, 4) is 28.4 Å². The van der Waals surface area contributed by atoms with Gasteiger partial charge in [0.25, 0.3) is 0 Å². The molecule has 0 saturated carbocycles. The lowest BCUT2D eigenvalue weighted by Gasteiger charge is -2.32. The summed E-state index contributed by atoms with van der Waals surface area (Å²) in [7, 11) is -1.46. The molecule has 13 heteroatoms. The number of nitrogens with zero attached hydrogens (tertiary/aromatic N) is 4. The molecule has 0 unspecified atom stereocenters. The van der Waals surface area contributed by atoms with E-state index in [4.69, 9.17) is 30.8 Å². The van der Waals surface area contributed by atoms with E-state index in [1.165, 1.54) is 0 Å². The number of aliphatic hydroxyl groups is 1. The Kier molecular flexibility index (Phi) is 9.68. The topological polar surface area (TPSA) is 143 Å². The number of rotatable bonds is 11. The molecule has 0 bridgehead atoms. The van der Waals surface area contributed by atoms with Gasteiger partial charge in [0.15, 0.2) is 5.82 Å². The molecule has 0 amide bonds. The summed E-state index contributed by atoms with van der Waals surface area (Å²) in [5.41, 5.74) is 3.55. The highest BCUT2D eigenvalue weighted by atomic mass is 35.5. The van der Waals surface area contributed by atoms with Crippen LogP contribution in [-0.4, -0.2) is 84.1 Å². The van der Waals surface area contributed by atoms with E-state index in [0.29, 0.717) is 77.6 Å². The maximum absolute atomic E-state index is 12.3. The second kappa shape index (κ2) is 12.8. The summed E-state index contributed by atoms with van der Waals surface area (Å²) in [5, 5.41) is 21.1. The molecule has 1 saturated heterocycles. The summed E-state index contributed by atoms with van der Waals surface area (Å²) in [6.45, 7) is 8.72. The number of benzene rings is 1. The molecule has 3 aromatic rings. The van der Waals surface area contributed by atoms with Crippen LogP contribution in [0.5, 0.6) is 5.75 Å². The number of aryl methyl sites for hydroxylation is 2. The molecule has 1 fully saturated rings. The second-order valence-electron chi connectivity index (χ2n) is 9.95. The molecule has 218 valence electrons. The van der Waals surface area contributed by atoms with Gasteiger partial charge in [0.2, 0.25) is 10.0 Å². The molecule has 1 aliphatic rings. The van der Waals surface area contributed by atoms with Gasteiger partial charge in [-0.2, -0.15) is 0 Å². The van der Waals surface area contributed by atoms with Crippen molar-refractivity contribution >= 4 is 27.4 Å². The number of anilines is 1. The first-order chi connectivity index (χ1) is 19.0. The van der Waals surface area contributed by atoms with Crippen molar-refractivity contribution in [2.24, 2.45) is 0 Å². The van der Waals surface area contributed by atoms with Gasteiger partial charge in [-0.1, -0.05) is 16.8 Å². The Morgan fingerprint density at radius 1 is 1.23 bits per heavy atom. The number of aromatic nitrogens is 3. The van der Waals surface area contributed by atoms with E-state index >= 15 is 0 Å². The predicted octanol–water partition coefficient (Wildman–Crippen LogP) is 3.56. The first kappa shape index (κ1) is 30.2. The van der Waals surface area contributed by atoms with E-state index < -0.39 is 16.1 Å². The van der Waals surface area contributed by atoms with Gasteiger partial charge >= 0.3 is 0 Å². The number of aliphatic hydroxyl groups excluding tert-OH is 1. The lowest BCUT2D eigenvalue weighted by molar-refractivity contribution is 0.108. The van der Waals surface area contributed by atoms with Crippen LogP contribution >= 0.6 is 11.6 Å². The molecule has 0 spiro atoms. The zero-order valence-electron chi connectivity index (χ0n) is 23.5. The molecule has 2 aromatic heterocycles. The normalized spacial score (nSPS) is 15.8. The first-order valence-corrected chi connectivity index (χ1v) is 15.3. The predicted molar refractivity (Wildman–Crippen MR) is 155 cm³/mol. The zero-order chi connectivity index (χ0) is 29.0. The minimum absolute atomic E-state index is 0.0288. The van der Waals surface area contributed by atoms with Crippen LogP contribution in [-0.2, 0) is 10.0 Å². The number of likely N-dealkylation sites (N-methyl/N-ethyl adjacent to an activating group) is 1. The molecule has 0 aliphatic carbocycles. The summed E-state index contributed by atoms with van der Waals surface area (Å²) < 4.78 is 37.4. The molecular weight excluding hydrogens is 556 g/mol. The highest BCUT2D eigenvalue weighted by molar-refractivity contribution is 7.89. The van der Waals surface area contributed by atoms with Crippen molar-refractivity contribution < 1.29 is 22.8 Å². The smallest absolute Gasteiger partial charge is 0.213 e. The average molecular weight is 593 g/mol. The van der Waals surface area contributed by atoms with Crippen LogP contribution in [0.15, 0.2) is 22.7 Å². The molecule has 3 N–H and O–H groups in total. The van der Waals surface area contributed by atoms with Gasteiger partial charge < -0.3 is 25.0 Å². The van der Waals surface area contributed by atoms with E-state index in [2.05, 4.69) is 15.8 Å². The Bertz CT molecular complexity index is 1420. The Morgan fingerprint density at radius 3 is 2.58 bits per heavy atom. The lowest BCUT2D eigenvalue weighted by atomic mass is 10.0. The minimum Gasteiger partial charge on any atom is -0.491 e.